The van der Waals surface area contributed by atoms with Crippen LogP contribution in [-0.2, 0) is 21.0 Å². The Balaban J connectivity index is 1.28. The molecule has 29 heavy (non-hydrogen) atoms. The molecule has 6 nitrogen and oxygen atoms in total. The Labute approximate surface area is 178 Å². The molecule has 1 aromatic rings. The van der Waals surface area contributed by atoms with Crippen molar-refractivity contribution in [1.82, 2.24) is 15.3 Å². The molecule has 0 radical (unpaired) electrons. The van der Waals surface area contributed by atoms with Crippen LogP contribution >= 0.6 is 11.6 Å². The number of piperidine rings is 1. The number of hydrogen-bond acceptors (Lipinski definition) is 4. The summed E-state index contributed by atoms with van der Waals surface area (Å²) in [5.74, 6) is 0.809. The third kappa shape index (κ3) is 7.61. The van der Waals surface area contributed by atoms with E-state index in [4.69, 9.17) is 16.4 Å². The molecule has 0 unspecified atom stereocenters. The highest BCUT2D eigenvalue weighted by Gasteiger charge is 2.23. The Bertz CT molecular complexity index is 671. The van der Waals surface area contributed by atoms with Crippen molar-refractivity contribution in [1.29, 1.82) is 0 Å². The van der Waals surface area contributed by atoms with Gasteiger partial charge in [-0.3, -0.25) is 14.4 Å². The molecule has 2 saturated heterocycles. The third-order valence-corrected chi connectivity index (χ3v) is 6.01. The number of amides is 2. The first-order valence-electron chi connectivity index (χ1n) is 10.8. The standard InChI is InChI=1S/C22H32ClN3O3/c23-20-5-3-4-19(16-20)17-24-21(27)7-6-18-8-12-25(13-9-18)22(28)10-14-26-11-1-2-15-29-26/h3-5,16,18H,1-2,6-15,17H2,(H,24,27). The lowest BCUT2D eigenvalue weighted by molar-refractivity contribution is -0.182. The monoisotopic (exact) mass is 421 g/mol. The molecular formula is C22H32ClN3O3. The SMILES string of the molecule is O=C(CCC1CCN(C(=O)CCN2CCCCO2)CC1)NCc1cccc(Cl)c1. The Morgan fingerprint density at radius 1 is 1.14 bits per heavy atom. The zero-order valence-electron chi connectivity index (χ0n) is 17.1. The second-order valence-corrected chi connectivity index (χ2v) is 8.43. The normalized spacial score (nSPS) is 18.6. The summed E-state index contributed by atoms with van der Waals surface area (Å²) >= 11 is 5.97. The molecule has 0 spiro atoms. The lowest BCUT2D eigenvalue weighted by atomic mass is 9.92. The molecule has 0 aliphatic carbocycles. The number of carbonyl (C=O) groups is 2. The molecule has 2 aliphatic rings. The quantitative estimate of drug-likeness (QED) is 0.698. The summed E-state index contributed by atoms with van der Waals surface area (Å²) in [6, 6.07) is 7.53. The molecular weight excluding hydrogens is 390 g/mol. The highest BCUT2D eigenvalue weighted by molar-refractivity contribution is 6.30. The van der Waals surface area contributed by atoms with Gasteiger partial charge in [0, 0.05) is 50.6 Å². The summed E-state index contributed by atoms with van der Waals surface area (Å²) in [6.07, 6.45) is 6.15. The fourth-order valence-corrected chi connectivity index (χ4v) is 4.16. The van der Waals surface area contributed by atoms with Gasteiger partial charge in [0.2, 0.25) is 11.8 Å². The van der Waals surface area contributed by atoms with E-state index in [1.54, 1.807) is 0 Å². The van der Waals surface area contributed by atoms with E-state index in [1.807, 2.05) is 34.2 Å². The van der Waals surface area contributed by atoms with E-state index in [2.05, 4.69) is 5.32 Å². The zero-order valence-corrected chi connectivity index (χ0v) is 17.8. The van der Waals surface area contributed by atoms with Crippen molar-refractivity contribution in [2.45, 2.75) is 51.5 Å². The Morgan fingerprint density at radius 2 is 1.97 bits per heavy atom. The second kappa shape index (κ2) is 11.5. The topological polar surface area (TPSA) is 61.9 Å². The van der Waals surface area contributed by atoms with Crippen LogP contribution < -0.4 is 5.32 Å². The van der Waals surface area contributed by atoms with Crippen molar-refractivity contribution >= 4 is 23.4 Å². The first-order chi connectivity index (χ1) is 14.1. The van der Waals surface area contributed by atoms with Gasteiger partial charge in [-0.05, 0) is 55.7 Å². The van der Waals surface area contributed by atoms with Gasteiger partial charge in [-0.1, -0.05) is 23.7 Å². The van der Waals surface area contributed by atoms with Crippen LogP contribution in [0.5, 0.6) is 0 Å². The number of rotatable bonds is 8. The van der Waals surface area contributed by atoms with Crippen molar-refractivity contribution in [3.05, 3.63) is 34.9 Å². The Kier molecular flexibility index (Phi) is 8.77. The summed E-state index contributed by atoms with van der Waals surface area (Å²) in [5, 5.41) is 5.57. The number of hydroxylamine groups is 2. The molecule has 1 aromatic carbocycles. The van der Waals surface area contributed by atoms with Gasteiger partial charge in [-0.25, -0.2) is 0 Å². The Hall–Kier alpha value is -1.63. The molecule has 2 amide bonds. The van der Waals surface area contributed by atoms with Gasteiger partial charge in [0.15, 0.2) is 0 Å². The minimum atomic E-state index is 0.0741. The van der Waals surface area contributed by atoms with E-state index in [-0.39, 0.29) is 11.8 Å². The van der Waals surface area contributed by atoms with Gasteiger partial charge >= 0.3 is 0 Å². The Morgan fingerprint density at radius 3 is 2.69 bits per heavy atom. The number of halogens is 1. The molecule has 1 N–H and O–H groups in total. The van der Waals surface area contributed by atoms with E-state index in [9.17, 15) is 9.59 Å². The number of hydrogen-bond donors (Lipinski definition) is 1. The van der Waals surface area contributed by atoms with E-state index in [0.717, 1.165) is 63.9 Å². The average Bonchev–Trinajstić information content (AvgIpc) is 2.76. The summed E-state index contributed by atoms with van der Waals surface area (Å²) in [7, 11) is 0. The number of likely N-dealkylation sites (tertiary alicyclic amines) is 1. The van der Waals surface area contributed by atoms with Gasteiger partial charge < -0.3 is 10.2 Å². The van der Waals surface area contributed by atoms with Crippen molar-refractivity contribution in [2.24, 2.45) is 5.92 Å². The molecule has 2 heterocycles. The lowest BCUT2D eigenvalue weighted by Crippen LogP contribution is -2.40. The number of carbonyl (C=O) groups excluding carboxylic acids is 2. The minimum Gasteiger partial charge on any atom is -0.352 e. The van der Waals surface area contributed by atoms with Crippen LogP contribution in [0.3, 0.4) is 0 Å². The second-order valence-electron chi connectivity index (χ2n) is 7.99. The lowest BCUT2D eigenvalue weighted by Gasteiger charge is -2.33. The minimum absolute atomic E-state index is 0.0741. The van der Waals surface area contributed by atoms with Crippen LogP contribution in [0, 0.1) is 5.92 Å². The summed E-state index contributed by atoms with van der Waals surface area (Å²) < 4.78 is 0. The first-order valence-corrected chi connectivity index (χ1v) is 11.1. The summed E-state index contributed by atoms with van der Waals surface area (Å²) in [5.41, 5.74) is 1.01. The van der Waals surface area contributed by atoms with Gasteiger partial charge in [0.05, 0.1) is 6.61 Å². The van der Waals surface area contributed by atoms with E-state index < -0.39 is 0 Å². The molecule has 160 valence electrons. The van der Waals surface area contributed by atoms with Crippen LogP contribution in [0.25, 0.3) is 0 Å². The highest BCUT2D eigenvalue weighted by Crippen LogP contribution is 2.22. The number of nitrogens with one attached hydrogen (secondary N) is 1. The zero-order chi connectivity index (χ0) is 20.5. The molecule has 7 heteroatoms. The van der Waals surface area contributed by atoms with Crippen LogP contribution in [0.15, 0.2) is 24.3 Å². The van der Waals surface area contributed by atoms with Crippen molar-refractivity contribution in [3.8, 4) is 0 Å². The van der Waals surface area contributed by atoms with Crippen LogP contribution in [0.1, 0.15) is 50.5 Å². The predicted molar refractivity (Wildman–Crippen MR) is 113 cm³/mol. The molecule has 0 bridgehead atoms. The summed E-state index contributed by atoms with van der Waals surface area (Å²) in [6.45, 7) is 4.49. The van der Waals surface area contributed by atoms with Gasteiger partial charge in [0.25, 0.3) is 0 Å². The fraction of sp³-hybridized carbons (Fsp3) is 0.636. The molecule has 2 aliphatic heterocycles. The summed E-state index contributed by atoms with van der Waals surface area (Å²) in [4.78, 5) is 32.1. The van der Waals surface area contributed by atoms with Crippen molar-refractivity contribution < 1.29 is 14.4 Å². The highest BCUT2D eigenvalue weighted by atomic mass is 35.5. The molecule has 3 rings (SSSR count). The molecule has 0 atom stereocenters. The van der Waals surface area contributed by atoms with E-state index in [0.29, 0.717) is 36.9 Å². The van der Waals surface area contributed by atoms with Crippen LogP contribution in [-0.4, -0.2) is 54.6 Å². The van der Waals surface area contributed by atoms with Gasteiger partial charge in [-0.2, -0.15) is 5.06 Å². The van der Waals surface area contributed by atoms with Crippen molar-refractivity contribution in [3.63, 3.8) is 0 Å². The van der Waals surface area contributed by atoms with E-state index >= 15 is 0 Å². The maximum absolute atomic E-state index is 12.4. The van der Waals surface area contributed by atoms with Gasteiger partial charge in [-0.15, -0.1) is 0 Å². The van der Waals surface area contributed by atoms with Crippen LogP contribution in [0.2, 0.25) is 5.02 Å². The van der Waals surface area contributed by atoms with E-state index in [1.165, 1.54) is 0 Å². The van der Waals surface area contributed by atoms with Crippen LogP contribution in [0.4, 0.5) is 0 Å². The number of nitrogens with zero attached hydrogens (tertiary/aromatic N) is 2. The maximum Gasteiger partial charge on any atom is 0.223 e. The maximum atomic E-state index is 12.4. The third-order valence-electron chi connectivity index (χ3n) is 5.78. The number of benzene rings is 1. The predicted octanol–water partition coefficient (Wildman–Crippen LogP) is 3.39. The molecule has 2 fully saturated rings. The average molecular weight is 422 g/mol. The first kappa shape index (κ1) is 22.1. The smallest absolute Gasteiger partial charge is 0.223 e. The largest absolute Gasteiger partial charge is 0.352 e. The molecule has 0 saturated carbocycles. The molecule has 0 aromatic heterocycles. The van der Waals surface area contributed by atoms with Crippen molar-refractivity contribution in [2.75, 3.05) is 32.8 Å². The fourth-order valence-electron chi connectivity index (χ4n) is 3.95. The van der Waals surface area contributed by atoms with Gasteiger partial charge in [0.1, 0.15) is 0 Å².